The third kappa shape index (κ3) is 2.63. The monoisotopic (exact) mass is 272 g/mol. The number of para-hydroxylation sites is 1. The summed E-state index contributed by atoms with van der Waals surface area (Å²) in [4.78, 5) is 0. The van der Waals surface area contributed by atoms with E-state index in [0.29, 0.717) is 17.1 Å². The first kappa shape index (κ1) is 14.4. The molecule has 0 aliphatic heterocycles. The van der Waals surface area contributed by atoms with Gasteiger partial charge in [0.2, 0.25) is 0 Å². The van der Waals surface area contributed by atoms with Gasteiger partial charge in [-0.2, -0.15) is 0 Å². The third-order valence-electron chi connectivity index (χ3n) is 3.46. The van der Waals surface area contributed by atoms with E-state index in [2.05, 4.69) is 0 Å². The van der Waals surface area contributed by atoms with Crippen LogP contribution in [0.3, 0.4) is 0 Å². The van der Waals surface area contributed by atoms with Crippen LogP contribution in [0.1, 0.15) is 28.4 Å². The van der Waals surface area contributed by atoms with E-state index in [1.54, 1.807) is 14.2 Å². The fraction of sp³-hybridized carbons (Fsp3) is 0.294. The van der Waals surface area contributed by atoms with Crippen LogP contribution < -0.4 is 9.47 Å². The molecule has 3 heteroatoms. The molecule has 0 aliphatic rings. The molecular formula is C17H20O3. The summed E-state index contributed by atoms with van der Waals surface area (Å²) < 4.78 is 10.7. The standard InChI is InChI=1S/C17H20O3/c1-11-8-9-12(2)14(10-11)16(18)13-6-5-7-15(19-3)17(13)20-4/h5-10,16,18H,1-4H3. The molecular weight excluding hydrogens is 252 g/mol. The Labute approximate surface area is 119 Å². The second-order valence-corrected chi connectivity index (χ2v) is 4.85. The van der Waals surface area contributed by atoms with Gasteiger partial charge in [-0.25, -0.2) is 0 Å². The molecule has 2 aromatic carbocycles. The molecule has 1 N–H and O–H groups in total. The van der Waals surface area contributed by atoms with Crippen LogP contribution in [0.4, 0.5) is 0 Å². The number of methoxy groups -OCH3 is 2. The molecule has 0 fully saturated rings. The van der Waals surface area contributed by atoms with Crippen molar-refractivity contribution in [1.29, 1.82) is 0 Å². The van der Waals surface area contributed by atoms with Gasteiger partial charge in [-0.05, 0) is 31.0 Å². The van der Waals surface area contributed by atoms with Crippen LogP contribution in [-0.4, -0.2) is 19.3 Å². The van der Waals surface area contributed by atoms with Crippen molar-refractivity contribution in [3.05, 3.63) is 58.7 Å². The first-order valence-electron chi connectivity index (χ1n) is 6.54. The molecule has 0 heterocycles. The lowest BCUT2D eigenvalue weighted by atomic mass is 9.95. The molecule has 0 saturated heterocycles. The zero-order chi connectivity index (χ0) is 14.7. The summed E-state index contributed by atoms with van der Waals surface area (Å²) in [5.74, 6) is 1.19. The van der Waals surface area contributed by atoms with Gasteiger partial charge in [0.1, 0.15) is 6.10 Å². The normalized spacial score (nSPS) is 12.1. The van der Waals surface area contributed by atoms with Crippen molar-refractivity contribution in [3.63, 3.8) is 0 Å². The highest BCUT2D eigenvalue weighted by molar-refractivity contribution is 5.51. The maximum atomic E-state index is 10.7. The topological polar surface area (TPSA) is 38.7 Å². The number of hydrogen-bond donors (Lipinski definition) is 1. The Hall–Kier alpha value is -2.00. The van der Waals surface area contributed by atoms with E-state index in [0.717, 1.165) is 16.7 Å². The molecule has 3 nitrogen and oxygen atoms in total. The Bertz CT molecular complexity index is 605. The number of ether oxygens (including phenoxy) is 2. The number of aryl methyl sites for hydroxylation is 2. The second kappa shape index (κ2) is 5.97. The Kier molecular flexibility index (Phi) is 4.30. The zero-order valence-electron chi connectivity index (χ0n) is 12.3. The van der Waals surface area contributed by atoms with Crippen LogP contribution in [0.2, 0.25) is 0 Å². The smallest absolute Gasteiger partial charge is 0.166 e. The predicted octanol–water partition coefficient (Wildman–Crippen LogP) is 3.40. The third-order valence-corrected chi connectivity index (χ3v) is 3.46. The highest BCUT2D eigenvalue weighted by atomic mass is 16.5. The Morgan fingerprint density at radius 2 is 1.70 bits per heavy atom. The van der Waals surface area contributed by atoms with Crippen molar-refractivity contribution in [3.8, 4) is 11.5 Å². The molecule has 0 spiro atoms. The van der Waals surface area contributed by atoms with Crippen LogP contribution in [0.5, 0.6) is 11.5 Å². The molecule has 0 aromatic heterocycles. The van der Waals surface area contributed by atoms with Crippen LogP contribution in [-0.2, 0) is 0 Å². The van der Waals surface area contributed by atoms with Gasteiger partial charge in [-0.1, -0.05) is 35.9 Å². The lowest BCUT2D eigenvalue weighted by Gasteiger charge is -2.19. The number of aliphatic hydroxyl groups excluding tert-OH is 1. The summed E-state index contributed by atoms with van der Waals surface area (Å²) in [7, 11) is 3.17. The lowest BCUT2D eigenvalue weighted by molar-refractivity contribution is 0.212. The Morgan fingerprint density at radius 1 is 0.950 bits per heavy atom. The summed E-state index contributed by atoms with van der Waals surface area (Å²) in [6.45, 7) is 4.00. The van der Waals surface area contributed by atoms with Gasteiger partial charge >= 0.3 is 0 Å². The van der Waals surface area contributed by atoms with Gasteiger partial charge in [-0.3, -0.25) is 0 Å². The summed E-state index contributed by atoms with van der Waals surface area (Å²) >= 11 is 0. The van der Waals surface area contributed by atoms with Crippen LogP contribution >= 0.6 is 0 Å². The van der Waals surface area contributed by atoms with Gasteiger partial charge in [0, 0.05) is 5.56 Å². The van der Waals surface area contributed by atoms with E-state index in [1.807, 2.05) is 50.2 Å². The molecule has 0 bridgehead atoms. The number of aliphatic hydroxyl groups is 1. The van der Waals surface area contributed by atoms with Crippen LogP contribution in [0.25, 0.3) is 0 Å². The molecule has 2 rings (SSSR count). The predicted molar refractivity (Wildman–Crippen MR) is 79.5 cm³/mol. The maximum Gasteiger partial charge on any atom is 0.166 e. The van der Waals surface area contributed by atoms with E-state index < -0.39 is 6.10 Å². The van der Waals surface area contributed by atoms with E-state index in [1.165, 1.54) is 0 Å². The molecule has 20 heavy (non-hydrogen) atoms. The molecule has 0 aliphatic carbocycles. The summed E-state index contributed by atoms with van der Waals surface area (Å²) in [5, 5.41) is 10.7. The van der Waals surface area contributed by atoms with Gasteiger partial charge in [0.05, 0.1) is 14.2 Å². The van der Waals surface area contributed by atoms with Crippen LogP contribution in [0, 0.1) is 13.8 Å². The van der Waals surface area contributed by atoms with Gasteiger partial charge in [-0.15, -0.1) is 0 Å². The maximum absolute atomic E-state index is 10.7. The lowest BCUT2D eigenvalue weighted by Crippen LogP contribution is -2.05. The average molecular weight is 272 g/mol. The number of hydrogen-bond acceptors (Lipinski definition) is 3. The van der Waals surface area contributed by atoms with Gasteiger partial charge in [0.15, 0.2) is 11.5 Å². The van der Waals surface area contributed by atoms with E-state index in [-0.39, 0.29) is 0 Å². The SMILES string of the molecule is COc1cccc(C(O)c2cc(C)ccc2C)c1OC. The molecule has 1 unspecified atom stereocenters. The zero-order valence-corrected chi connectivity index (χ0v) is 12.3. The average Bonchev–Trinajstić information content (AvgIpc) is 2.48. The summed E-state index contributed by atoms with van der Waals surface area (Å²) in [5.41, 5.74) is 3.76. The first-order chi connectivity index (χ1) is 9.58. The molecule has 0 amide bonds. The van der Waals surface area contributed by atoms with Crippen molar-refractivity contribution in [2.75, 3.05) is 14.2 Å². The molecule has 106 valence electrons. The fourth-order valence-electron chi connectivity index (χ4n) is 2.35. The van der Waals surface area contributed by atoms with E-state index in [4.69, 9.17) is 9.47 Å². The Balaban J connectivity index is 2.53. The molecule has 2 aromatic rings. The minimum atomic E-state index is -0.736. The van der Waals surface area contributed by atoms with Gasteiger partial charge in [0.25, 0.3) is 0 Å². The fourth-order valence-corrected chi connectivity index (χ4v) is 2.35. The highest BCUT2D eigenvalue weighted by Gasteiger charge is 2.20. The quantitative estimate of drug-likeness (QED) is 0.927. The molecule has 0 radical (unpaired) electrons. The molecule has 1 atom stereocenters. The summed E-state index contributed by atoms with van der Waals surface area (Å²) in [6.07, 6.45) is -0.736. The number of rotatable bonds is 4. The number of benzene rings is 2. The van der Waals surface area contributed by atoms with Crippen molar-refractivity contribution in [2.45, 2.75) is 20.0 Å². The van der Waals surface area contributed by atoms with Crippen LogP contribution in [0.15, 0.2) is 36.4 Å². The van der Waals surface area contributed by atoms with Crippen molar-refractivity contribution < 1.29 is 14.6 Å². The largest absolute Gasteiger partial charge is 0.493 e. The summed E-state index contributed by atoms with van der Waals surface area (Å²) in [6, 6.07) is 11.6. The minimum Gasteiger partial charge on any atom is -0.493 e. The molecule has 0 saturated carbocycles. The Morgan fingerprint density at radius 3 is 2.35 bits per heavy atom. The van der Waals surface area contributed by atoms with E-state index in [9.17, 15) is 5.11 Å². The second-order valence-electron chi connectivity index (χ2n) is 4.85. The van der Waals surface area contributed by atoms with Crippen molar-refractivity contribution >= 4 is 0 Å². The van der Waals surface area contributed by atoms with Crippen molar-refractivity contribution in [2.24, 2.45) is 0 Å². The van der Waals surface area contributed by atoms with Crippen molar-refractivity contribution in [1.82, 2.24) is 0 Å². The highest BCUT2D eigenvalue weighted by Crippen LogP contribution is 2.37. The van der Waals surface area contributed by atoms with Gasteiger partial charge < -0.3 is 14.6 Å². The minimum absolute atomic E-state index is 0.573. The van der Waals surface area contributed by atoms with E-state index >= 15 is 0 Å². The first-order valence-corrected chi connectivity index (χ1v) is 6.54.